The van der Waals surface area contributed by atoms with Crippen molar-refractivity contribution in [1.82, 2.24) is 5.32 Å². The minimum absolute atomic E-state index is 0.0214. The van der Waals surface area contributed by atoms with Crippen LogP contribution in [0.15, 0.2) is 18.2 Å². The maximum Gasteiger partial charge on any atom is 0.282 e. The van der Waals surface area contributed by atoms with E-state index in [-0.39, 0.29) is 22.3 Å². The Morgan fingerprint density at radius 3 is 2.78 bits per heavy atom. The second kappa shape index (κ2) is 6.70. The Kier molecular flexibility index (Phi) is 5.55. The second-order valence-corrected chi connectivity index (χ2v) is 4.74. The normalized spacial score (nSPS) is 11.9. The molecule has 1 N–H and O–H groups in total. The number of hydrogen-bond acceptors (Lipinski definition) is 3. The molecule has 0 fully saturated rings. The maximum atomic E-state index is 12.0. The highest BCUT2D eigenvalue weighted by molar-refractivity contribution is 9.09. The summed E-state index contributed by atoms with van der Waals surface area (Å²) in [7, 11) is 0. The van der Waals surface area contributed by atoms with Crippen LogP contribution in [0.3, 0.4) is 0 Å². The number of alkyl halides is 1. The molecule has 0 bridgehead atoms. The van der Waals surface area contributed by atoms with Crippen LogP contribution in [0.5, 0.6) is 0 Å². The number of carbonyl (C=O) groups excluding carboxylic acids is 1. The van der Waals surface area contributed by atoms with Gasteiger partial charge in [-0.25, -0.2) is 0 Å². The van der Waals surface area contributed by atoms with Gasteiger partial charge in [0, 0.05) is 22.5 Å². The number of nitro benzene ring substituents is 1. The molecule has 1 rings (SSSR count). The van der Waals surface area contributed by atoms with E-state index in [0.29, 0.717) is 5.33 Å². The van der Waals surface area contributed by atoms with Crippen LogP contribution in [-0.4, -0.2) is 22.2 Å². The van der Waals surface area contributed by atoms with Gasteiger partial charge in [0.25, 0.3) is 11.6 Å². The lowest BCUT2D eigenvalue weighted by molar-refractivity contribution is -0.385. The van der Waals surface area contributed by atoms with Gasteiger partial charge in [-0.15, -0.1) is 0 Å². The molecule has 0 saturated carbocycles. The van der Waals surface area contributed by atoms with Gasteiger partial charge in [0.1, 0.15) is 5.56 Å². The number of amides is 1. The fraction of sp³-hybridized carbons (Fsp3) is 0.364. The highest BCUT2D eigenvalue weighted by Crippen LogP contribution is 2.22. The number of benzene rings is 1. The number of rotatable bonds is 5. The maximum absolute atomic E-state index is 12.0. The van der Waals surface area contributed by atoms with Crippen molar-refractivity contribution in [3.8, 4) is 0 Å². The Balaban J connectivity index is 3.03. The van der Waals surface area contributed by atoms with Crippen LogP contribution in [0, 0.1) is 10.1 Å². The molecule has 1 atom stereocenters. The topological polar surface area (TPSA) is 72.2 Å². The molecular weight excluding hydrogens is 323 g/mol. The summed E-state index contributed by atoms with van der Waals surface area (Å²) >= 11 is 9.02. The fourth-order valence-corrected chi connectivity index (χ4v) is 2.15. The van der Waals surface area contributed by atoms with E-state index in [4.69, 9.17) is 11.6 Å². The van der Waals surface area contributed by atoms with Crippen molar-refractivity contribution >= 4 is 39.1 Å². The lowest BCUT2D eigenvalue weighted by atomic mass is 10.1. The molecule has 1 aromatic carbocycles. The van der Waals surface area contributed by atoms with Crippen molar-refractivity contribution in [3.05, 3.63) is 38.9 Å². The van der Waals surface area contributed by atoms with Crippen LogP contribution >= 0.6 is 27.5 Å². The third kappa shape index (κ3) is 3.68. The highest BCUT2D eigenvalue weighted by atomic mass is 79.9. The van der Waals surface area contributed by atoms with Gasteiger partial charge < -0.3 is 5.32 Å². The summed E-state index contributed by atoms with van der Waals surface area (Å²) in [6.07, 6.45) is 0.728. The first-order valence-electron chi connectivity index (χ1n) is 5.30. The van der Waals surface area contributed by atoms with Crippen molar-refractivity contribution < 1.29 is 9.72 Å². The van der Waals surface area contributed by atoms with Crippen molar-refractivity contribution in [2.24, 2.45) is 0 Å². The van der Waals surface area contributed by atoms with E-state index in [1.807, 2.05) is 6.92 Å². The number of halogens is 2. The second-order valence-electron chi connectivity index (χ2n) is 3.65. The Labute approximate surface area is 118 Å². The Bertz CT molecular complexity index is 464. The molecule has 0 radical (unpaired) electrons. The van der Waals surface area contributed by atoms with E-state index in [0.717, 1.165) is 6.42 Å². The quantitative estimate of drug-likeness (QED) is 0.510. The van der Waals surface area contributed by atoms with Crippen LogP contribution in [0.25, 0.3) is 0 Å². The molecule has 18 heavy (non-hydrogen) atoms. The van der Waals surface area contributed by atoms with Gasteiger partial charge in [-0.05, 0) is 18.6 Å². The number of nitro groups is 1. The van der Waals surface area contributed by atoms with Gasteiger partial charge in [0.2, 0.25) is 0 Å². The molecule has 1 amide bonds. The Morgan fingerprint density at radius 1 is 1.61 bits per heavy atom. The summed E-state index contributed by atoms with van der Waals surface area (Å²) in [5.41, 5.74) is -0.270. The number of carbonyl (C=O) groups is 1. The Morgan fingerprint density at radius 2 is 2.28 bits per heavy atom. The van der Waals surface area contributed by atoms with E-state index in [9.17, 15) is 14.9 Å². The first-order chi connectivity index (χ1) is 8.49. The minimum Gasteiger partial charge on any atom is -0.348 e. The van der Waals surface area contributed by atoms with E-state index in [1.54, 1.807) is 0 Å². The van der Waals surface area contributed by atoms with E-state index < -0.39 is 10.8 Å². The summed E-state index contributed by atoms with van der Waals surface area (Å²) < 4.78 is 0. The summed E-state index contributed by atoms with van der Waals surface area (Å²) in [6, 6.07) is 3.84. The molecule has 0 heterocycles. The molecule has 7 heteroatoms. The van der Waals surface area contributed by atoms with Crippen LogP contribution < -0.4 is 5.32 Å². The van der Waals surface area contributed by atoms with Gasteiger partial charge in [-0.2, -0.15) is 0 Å². The smallest absolute Gasteiger partial charge is 0.282 e. The fourth-order valence-electron chi connectivity index (χ4n) is 1.36. The van der Waals surface area contributed by atoms with E-state index >= 15 is 0 Å². The van der Waals surface area contributed by atoms with Gasteiger partial charge >= 0.3 is 0 Å². The summed E-state index contributed by atoms with van der Waals surface area (Å²) in [5, 5.41) is 14.4. The van der Waals surface area contributed by atoms with Crippen LogP contribution in [-0.2, 0) is 0 Å². The van der Waals surface area contributed by atoms with Crippen molar-refractivity contribution in [2.75, 3.05) is 5.33 Å². The van der Waals surface area contributed by atoms with Gasteiger partial charge in [-0.3, -0.25) is 14.9 Å². The Hall–Kier alpha value is -1.14. The number of nitrogens with zero attached hydrogens (tertiary/aromatic N) is 1. The van der Waals surface area contributed by atoms with Crippen molar-refractivity contribution in [2.45, 2.75) is 19.4 Å². The van der Waals surface area contributed by atoms with E-state index in [2.05, 4.69) is 21.2 Å². The minimum atomic E-state index is -0.597. The lowest BCUT2D eigenvalue weighted by Gasteiger charge is -2.13. The van der Waals surface area contributed by atoms with Gasteiger partial charge in [0.15, 0.2) is 0 Å². The zero-order chi connectivity index (χ0) is 13.7. The molecule has 0 aliphatic heterocycles. The van der Waals surface area contributed by atoms with E-state index in [1.165, 1.54) is 18.2 Å². The lowest BCUT2D eigenvalue weighted by Crippen LogP contribution is -2.35. The summed E-state index contributed by atoms with van der Waals surface area (Å²) in [5.74, 6) is -0.490. The van der Waals surface area contributed by atoms with Gasteiger partial charge in [0.05, 0.1) is 4.92 Å². The average molecular weight is 336 g/mol. The number of nitrogens with one attached hydrogen (secondary N) is 1. The highest BCUT2D eigenvalue weighted by Gasteiger charge is 2.21. The zero-order valence-corrected chi connectivity index (χ0v) is 12.0. The van der Waals surface area contributed by atoms with Crippen LogP contribution in [0.4, 0.5) is 5.69 Å². The number of hydrogen-bond donors (Lipinski definition) is 1. The largest absolute Gasteiger partial charge is 0.348 e. The van der Waals surface area contributed by atoms with Crippen molar-refractivity contribution in [1.29, 1.82) is 0 Å². The molecule has 1 unspecified atom stereocenters. The van der Waals surface area contributed by atoms with Crippen molar-refractivity contribution in [3.63, 3.8) is 0 Å². The first kappa shape index (κ1) is 14.9. The third-order valence-corrected chi connectivity index (χ3v) is 3.43. The molecule has 0 aromatic heterocycles. The molecule has 0 spiro atoms. The van der Waals surface area contributed by atoms with Crippen LogP contribution in [0.2, 0.25) is 5.02 Å². The standard InChI is InChI=1S/C11H12BrClN2O3/c1-2-8(6-12)14-11(16)9-5-7(13)3-4-10(9)15(17)18/h3-5,8H,2,6H2,1H3,(H,14,16). The average Bonchev–Trinajstić information content (AvgIpc) is 2.35. The predicted molar refractivity (Wildman–Crippen MR) is 73.4 cm³/mol. The molecule has 0 aliphatic rings. The monoisotopic (exact) mass is 334 g/mol. The predicted octanol–water partition coefficient (Wildman–Crippen LogP) is 3.15. The summed E-state index contributed by atoms with van der Waals surface area (Å²) in [4.78, 5) is 22.2. The molecule has 98 valence electrons. The van der Waals surface area contributed by atoms with Gasteiger partial charge in [-0.1, -0.05) is 34.5 Å². The van der Waals surface area contributed by atoms with Crippen LogP contribution in [0.1, 0.15) is 23.7 Å². The molecule has 1 aromatic rings. The zero-order valence-electron chi connectivity index (χ0n) is 9.65. The molecule has 0 aliphatic carbocycles. The molecular formula is C11H12BrClN2O3. The summed E-state index contributed by atoms with van der Waals surface area (Å²) in [6.45, 7) is 1.92. The SMILES string of the molecule is CCC(CBr)NC(=O)c1cc(Cl)ccc1[N+](=O)[O-]. The molecule has 5 nitrogen and oxygen atoms in total. The third-order valence-electron chi connectivity index (χ3n) is 2.41. The first-order valence-corrected chi connectivity index (χ1v) is 6.80. The molecule has 0 saturated heterocycles.